The van der Waals surface area contributed by atoms with Gasteiger partial charge in [0.25, 0.3) is 5.91 Å². The first-order valence-corrected chi connectivity index (χ1v) is 10.3. The van der Waals surface area contributed by atoms with Gasteiger partial charge in [0.05, 0.1) is 23.5 Å². The van der Waals surface area contributed by atoms with Gasteiger partial charge in [-0.05, 0) is 43.7 Å². The van der Waals surface area contributed by atoms with Gasteiger partial charge in [-0.2, -0.15) is 5.10 Å². The molecule has 0 saturated heterocycles. The van der Waals surface area contributed by atoms with Crippen molar-refractivity contribution in [3.05, 3.63) is 106 Å². The van der Waals surface area contributed by atoms with Crippen LogP contribution in [0, 0.1) is 13.8 Å². The summed E-state index contributed by atoms with van der Waals surface area (Å²) in [5.41, 5.74) is 3.67. The van der Waals surface area contributed by atoms with Crippen LogP contribution in [0.4, 0.5) is 5.69 Å². The topological polar surface area (TPSA) is 56.1 Å². The molecule has 0 atom stereocenters. The molecule has 31 heavy (non-hydrogen) atoms. The Morgan fingerprint density at radius 2 is 1.65 bits per heavy atom. The average molecular weight is 432 g/mol. The Morgan fingerprint density at radius 1 is 0.968 bits per heavy atom. The number of aromatic nitrogens is 2. The van der Waals surface area contributed by atoms with Crippen molar-refractivity contribution in [1.82, 2.24) is 9.78 Å². The lowest BCUT2D eigenvalue weighted by Crippen LogP contribution is -2.14. The van der Waals surface area contributed by atoms with Gasteiger partial charge in [-0.1, -0.05) is 71.8 Å². The third kappa shape index (κ3) is 4.78. The van der Waals surface area contributed by atoms with Crippen molar-refractivity contribution in [2.75, 3.05) is 5.32 Å². The van der Waals surface area contributed by atoms with Crippen LogP contribution in [0.2, 0.25) is 5.15 Å². The Balaban J connectivity index is 1.56. The lowest BCUT2D eigenvalue weighted by Gasteiger charge is -2.12. The summed E-state index contributed by atoms with van der Waals surface area (Å²) >= 11 is 6.53. The number of amides is 1. The molecule has 1 N–H and O–H groups in total. The average Bonchev–Trinajstić information content (AvgIpc) is 3.04. The zero-order chi connectivity index (χ0) is 21.8. The summed E-state index contributed by atoms with van der Waals surface area (Å²) in [6.07, 6.45) is 0. The van der Waals surface area contributed by atoms with E-state index in [1.807, 2.05) is 79.7 Å². The van der Waals surface area contributed by atoms with Gasteiger partial charge in [0.1, 0.15) is 10.9 Å². The third-order valence-electron chi connectivity index (χ3n) is 4.85. The maximum atomic E-state index is 13.1. The number of carbonyl (C=O) groups excluding carboxylic acids is 1. The van der Waals surface area contributed by atoms with E-state index in [1.165, 1.54) is 0 Å². The first-order chi connectivity index (χ1) is 15.0. The second kappa shape index (κ2) is 9.06. The van der Waals surface area contributed by atoms with E-state index in [1.54, 1.807) is 17.7 Å². The van der Waals surface area contributed by atoms with Crippen molar-refractivity contribution in [2.45, 2.75) is 20.4 Å². The SMILES string of the molecule is Cc1ccc(Oc2ccccc2NC(=O)c2c(C)nn(Cc3ccccc3)c2Cl)cc1. The first kappa shape index (κ1) is 20.7. The van der Waals surface area contributed by atoms with Crippen LogP contribution in [-0.2, 0) is 6.54 Å². The minimum absolute atomic E-state index is 0.302. The number of benzene rings is 3. The second-order valence-electron chi connectivity index (χ2n) is 7.26. The normalized spacial score (nSPS) is 10.7. The van der Waals surface area contributed by atoms with Crippen LogP contribution in [0.3, 0.4) is 0 Å². The second-order valence-corrected chi connectivity index (χ2v) is 7.62. The molecule has 156 valence electrons. The summed E-state index contributed by atoms with van der Waals surface area (Å²) in [7, 11) is 0. The van der Waals surface area contributed by atoms with Crippen molar-refractivity contribution >= 4 is 23.2 Å². The number of carbonyl (C=O) groups is 1. The van der Waals surface area contributed by atoms with Crippen LogP contribution in [0.1, 0.15) is 27.2 Å². The highest BCUT2D eigenvalue weighted by atomic mass is 35.5. The van der Waals surface area contributed by atoms with E-state index in [2.05, 4.69) is 10.4 Å². The van der Waals surface area contributed by atoms with E-state index < -0.39 is 0 Å². The molecule has 1 heterocycles. The number of hydrogen-bond acceptors (Lipinski definition) is 3. The van der Waals surface area contributed by atoms with Gasteiger partial charge in [0.15, 0.2) is 5.75 Å². The minimum atomic E-state index is -0.332. The molecule has 1 aromatic heterocycles. The zero-order valence-corrected chi connectivity index (χ0v) is 18.1. The molecule has 0 saturated carbocycles. The molecule has 0 radical (unpaired) electrons. The van der Waals surface area contributed by atoms with Crippen molar-refractivity contribution in [2.24, 2.45) is 0 Å². The van der Waals surface area contributed by atoms with Crippen molar-refractivity contribution in [1.29, 1.82) is 0 Å². The molecule has 5 nitrogen and oxygen atoms in total. The summed E-state index contributed by atoms with van der Waals surface area (Å²) < 4.78 is 7.61. The molecular weight excluding hydrogens is 410 g/mol. The van der Waals surface area contributed by atoms with Crippen LogP contribution < -0.4 is 10.1 Å². The molecule has 0 bridgehead atoms. The number of nitrogens with zero attached hydrogens (tertiary/aromatic N) is 2. The molecule has 0 fully saturated rings. The van der Waals surface area contributed by atoms with E-state index in [0.717, 1.165) is 11.1 Å². The fraction of sp³-hybridized carbons (Fsp3) is 0.120. The predicted molar refractivity (Wildman–Crippen MR) is 123 cm³/mol. The van der Waals surface area contributed by atoms with E-state index in [0.29, 0.717) is 40.1 Å². The van der Waals surface area contributed by atoms with E-state index in [4.69, 9.17) is 16.3 Å². The van der Waals surface area contributed by atoms with Gasteiger partial charge in [0, 0.05) is 0 Å². The molecule has 4 aromatic rings. The summed E-state index contributed by atoms with van der Waals surface area (Å²) in [6.45, 7) is 4.28. The van der Waals surface area contributed by atoms with Gasteiger partial charge in [-0.15, -0.1) is 0 Å². The minimum Gasteiger partial charge on any atom is -0.455 e. The molecule has 4 rings (SSSR count). The quantitative estimate of drug-likeness (QED) is 0.392. The number of aryl methyl sites for hydroxylation is 2. The monoisotopic (exact) mass is 431 g/mol. The smallest absolute Gasteiger partial charge is 0.260 e. The molecule has 0 unspecified atom stereocenters. The number of rotatable bonds is 6. The lowest BCUT2D eigenvalue weighted by molar-refractivity contribution is 0.102. The Bertz CT molecular complexity index is 1200. The van der Waals surface area contributed by atoms with Gasteiger partial charge >= 0.3 is 0 Å². The highest BCUT2D eigenvalue weighted by molar-refractivity contribution is 6.33. The molecule has 1 amide bonds. The van der Waals surface area contributed by atoms with Crippen LogP contribution in [0.15, 0.2) is 78.9 Å². The molecule has 6 heteroatoms. The standard InChI is InChI=1S/C25H22ClN3O2/c1-17-12-14-20(15-13-17)31-22-11-7-6-10-21(22)27-25(30)23-18(2)28-29(24(23)26)16-19-8-4-3-5-9-19/h3-15H,16H2,1-2H3,(H,27,30). The van der Waals surface area contributed by atoms with Gasteiger partial charge in [-0.25, -0.2) is 4.68 Å². The predicted octanol–water partition coefficient (Wildman–Crippen LogP) is 6.25. The Hall–Kier alpha value is -3.57. The Morgan fingerprint density at radius 3 is 2.39 bits per heavy atom. The summed E-state index contributed by atoms with van der Waals surface area (Å²) in [5, 5.41) is 7.68. The molecular formula is C25H22ClN3O2. The van der Waals surface area contributed by atoms with E-state index in [-0.39, 0.29) is 5.91 Å². The number of halogens is 1. The third-order valence-corrected chi connectivity index (χ3v) is 5.24. The maximum absolute atomic E-state index is 13.1. The van der Waals surface area contributed by atoms with Crippen LogP contribution in [0.5, 0.6) is 11.5 Å². The number of ether oxygens (including phenoxy) is 1. The Labute approximate surface area is 186 Å². The maximum Gasteiger partial charge on any atom is 0.260 e. The fourth-order valence-corrected chi connectivity index (χ4v) is 3.57. The number of para-hydroxylation sites is 2. The van der Waals surface area contributed by atoms with Crippen molar-refractivity contribution < 1.29 is 9.53 Å². The van der Waals surface area contributed by atoms with Gasteiger partial charge < -0.3 is 10.1 Å². The molecule has 0 aliphatic heterocycles. The van der Waals surface area contributed by atoms with Crippen LogP contribution in [-0.4, -0.2) is 15.7 Å². The largest absolute Gasteiger partial charge is 0.455 e. The zero-order valence-electron chi connectivity index (χ0n) is 17.3. The first-order valence-electron chi connectivity index (χ1n) is 9.93. The van der Waals surface area contributed by atoms with E-state index in [9.17, 15) is 4.79 Å². The molecule has 0 aliphatic carbocycles. The highest BCUT2D eigenvalue weighted by Gasteiger charge is 2.21. The molecule has 0 spiro atoms. The van der Waals surface area contributed by atoms with Crippen molar-refractivity contribution in [3.63, 3.8) is 0 Å². The summed E-state index contributed by atoms with van der Waals surface area (Å²) in [4.78, 5) is 13.1. The van der Waals surface area contributed by atoms with Crippen LogP contribution in [0.25, 0.3) is 0 Å². The van der Waals surface area contributed by atoms with Gasteiger partial charge in [-0.3, -0.25) is 4.79 Å². The summed E-state index contributed by atoms with van der Waals surface area (Å²) in [6, 6.07) is 24.9. The summed E-state index contributed by atoms with van der Waals surface area (Å²) in [5.74, 6) is 0.907. The lowest BCUT2D eigenvalue weighted by atomic mass is 10.2. The Kier molecular flexibility index (Phi) is 6.05. The van der Waals surface area contributed by atoms with E-state index >= 15 is 0 Å². The van der Waals surface area contributed by atoms with Crippen LogP contribution >= 0.6 is 11.6 Å². The molecule has 0 aliphatic rings. The van der Waals surface area contributed by atoms with Gasteiger partial charge in [0.2, 0.25) is 0 Å². The highest BCUT2D eigenvalue weighted by Crippen LogP contribution is 2.31. The van der Waals surface area contributed by atoms with Crippen molar-refractivity contribution in [3.8, 4) is 11.5 Å². The fourth-order valence-electron chi connectivity index (χ4n) is 3.25. The number of hydrogen-bond donors (Lipinski definition) is 1. The number of anilines is 1. The number of nitrogens with one attached hydrogen (secondary N) is 1. The molecule has 3 aromatic carbocycles.